The SMILES string of the molecule is C[C@H](Cc1ccccc1)C(=O)Cc1ccc(C(=O)O)cc1.[Y]. The summed E-state index contributed by atoms with van der Waals surface area (Å²) in [7, 11) is 0. The van der Waals surface area contributed by atoms with Gasteiger partial charge in [-0.05, 0) is 29.7 Å². The number of aromatic carboxylic acids is 1. The second kappa shape index (κ2) is 8.97. The van der Waals surface area contributed by atoms with E-state index in [-0.39, 0.29) is 50.0 Å². The monoisotopic (exact) mass is 371 g/mol. The summed E-state index contributed by atoms with van der Waals surface area (Å²) in [6.07, 6.45) is 1.07. The molecule has 0 bridgehead atoms. The maximum Gasteiger partial charge on any atom is 0.335 e. The van der Waals surface area contributed by atoms with Crippen molar-refractivity contribution >= 4 is 11.8 Å². The molecule has 0 unspecified atom stereocenters. The largest absolute Gasteiger partial charge is 0.478 e. The van der Waals surface area contributed by atoms with Crippen LogP contribution in [-0.2, 0) is 50.3 Å². The van der Waals surface area contributed by atoms with E-state index >= 15 is 0 Å². The quantitative estimate of drug-likeness (QED) is 0.847. The molecule has 0 aliphatic rings. The van der Waals surface area contributed by atoms with Crippen LogP contribution in [0.3, 0.4) is 0 Å². The first-order valence-electron chi connectivity index (χ1n) is 6.95. The average Bonchev–Trinajstić information content (AvgIpc) is 2.48. The van der Waals surface area contributed by atoms with Crippen molar-refractivity contribution in [2.45, 2.75) is 19.8 Å². The van der Waals surface area contributed by atoms with Crippen LogP contribution in [0.5, 0.6) is 0 Å². The predicted octanol–water partition coefficient (Wildman–Crippen LogP) is 3.37. The molecule has 22 heavy (non-hydrogen) atoms. The molecular weight excluding hydrogens is 353 g/mol. The van der Waals surface area contributed by atoms with E-state index in [9.17, 15) is 9.59 Å². The summed E-state index contributed by atoms with van der Waals surface area (Å²) in [4.78, 5) is 23.0. The number of ketones is 1. The van der Waals surface area contributed by atoms with Crippen molar-refractivity contribution in [3.05, 3.63) is 71.3 Å². The van der Waals surface area contributed by atoms with Crippen molar-refractivity contribution in [1.29, 1.82) is 0 Å². The molecule has 4 heteroatoms. The van der Waals surface area contributed by atoms with Crippen molar-refractivity contribution in [2.75, 3.05) is 0 Å². The molecule has 1 atom stereocenters. The third-order valence-corrected chi connectivity index (χ3v) is 3.51. The Hall–Kier alpha value is -1.32. The van der Waals surface area contributed by atoms with Gasteiger partial charge in [0.25, 0.3) is 0 Å². The van der Waals surface area contributed by atoms with E-state index in [1.54, 1.807) is 12.1 Å². The number of Topliss-reactive ketones (excluding diaryl/α,β-unsaturated/α-hetero) is 1. The zero-order valence-corrected chi connectivity index (χ0v) is 15.4. The summed E-state index contributed by atoms with van der Waals surface area (Å²) in [5, 5.41) is 8.84. The van der Waals surface area contributed by atoms with Gasteiger partial charge in [0.05, 0.1) is 5.56 Å². The summed E-state index contributed by atoms with van der Waals surface area (Å²) < 4.78 is 0. The smallest absolute Gasteiger partial charge is 0.335 e. The first-order valence-corrected chi connectivity index (χ1v) is 6.95. The van der Waals surface area contributed by atoms with Crippen molar-refractivity contribution in [3.8, 4) is 0 Å². The summed E-state index contributed by atoms with van der Waals surface area (Å²) in [6, 6.07) is 16.4. The second-order valence-corrected chi connectivity index (χ2v) is 5.24. The van der Waals surface area contributed by atoms with Crippen LogP contribution < -0.4 is 0 Å². The molecule has 0 aromatic heterocycles. The van der Waals surface area contributed by atoms with E-state index in [0.717, 1.165) is 17.5 Å². The molecule has 0 spiro atoms. The van der Waals surface area contributed by atoms with Gasteiger partial charge in [-0.3, -0.25) is 4.79 Å². The van der Waals surface area contributed by atoms with Gasteiger partial charge in [0, 0.05) is 45.0 Å². The van der Waals surface area contributed by atoms with Crippen LogP contribution in [0.4, 0.5) is 0 Å². The maximum absolute atomic E-state index is 12.2. The van der Waals surface area contributed by atoms with Crippen LogP contribution in [-0.4, -0.2) is 16.9 Å². The van der Waals surface area contributed by atoms with Gasteiger partial charge < -0.3 is 5.11 Å². The van der Waals surface area contributed by atoms with Crippen LogP contribution in [0.15, 0.2) is 54.6 Å². The number of carboxylic acids is 1. The minimum absolute atomic E-state index is 0. The van der Waals surface area contributed by atoms with E-state index in [1.807, 2.05) is 37.3 Å². The second-order valence-electron chi connectivity index (χ2n) is 5.24. The summed E-state index contributed by atoms with van der Waals surface area (Å²) in [6.45, 7) is 1.93. The van der Waals surface area contributed by atoms with Gasteiger partial charge >= 0.3 is 5.97 Å². The molecule has 0 saturated carbocycles. The van der Waals surface area contributed by atoms with Crippen LogP contribution in [0.25, 0.3) is 0 Å². The minimum atomic E-state index is -0.953. The van der Waals surface area contributed by atoms with Crippen molar-refractivity contribution in [1.82, 2.24) is 0 Å². The number of hydrogen-bond acceptors (Lipinski definition) is 2. The first-order chi connectivity index (χ1) is 10.1. The van der Waals surface area contributed by atoms with E-state index in [4.69, 9.17) is 5.11 Å². The van der Waals surface area contributed by atoms with E-state index in [1.165, 1.54) is 12.1 Å². The van der Waals surface area contributed by atoms with Gasteiger partial charge in [-0.1, -0.05) is 49.4 Å². The van der Waals surface area contributed by atoms with Crippen LogP contribution in [0.2, 0.25) is 0 Å². The standard InChI is InChI=1S/C18H18O3.Y/c1-13(11-14-5-3-2-4-6-14)17(19)12-15-7-9-16(10-8-15)18(20)21;/h2-10,13H,11-12H2,1H3,(H,20,21);/t13-;/m1./s1. The molecule has 2 aromatic rings. The normalized spacial score (nSPS) is 11.3. The summed E-state index contributed by atoms with van der Waals surface area (Å²) in [5.41, 5.74) is 2.24. The number of hydrogen-bond donors (Lipinski definition) is 1. The van der Waals surface area contributed by atoms with Crippen LogP contribution in [0.1, 0.15) is 28.4 Å². The number of rotatable bonds is 6. The molecule has 0 aliphatic carbocycles. The molecule has 2 aromatic carbocycles. The molecule has 2 rings (SSSR count). The van der Waals surface area contributed by atoms with Crippen molar-refractivity contribution < 1.29 is 47.4 Å². The van der Waals surface area contributed by atoms with Gasteiger partial charge in [0.1, 0.15) is 5.78 Å². The molecule has 0 amide bonds. The van der Waals surface area contributed by atoms with Gasteiger partial charge in [-0.25, -0.2) is 4.79 Å². The molecule has 0 heterocycles. The van der Waals surface area contributed by atoms with Gasteiger partial charge in [-0.2, -0.15) is 0 Å². The molecule has 1 N–H and O–H groups in total. The number of carbonyl (C=O) groups excluding carboxylic acids is 1. The predicted molar refractivity (Wildman–Crippen MR) is 81.4 cm³/mol. The topological polar surface area (TPSA) is 54.4 Å². The fourth-order valence-electron chi connectivity index (χ4n) is 2.22. The zero-order chi connectivity index (χ0) is 15.2. The van der Waals surface area contributed by atoms with Gasteiger partial charge in [0.2, 0.25) is 0 Å². The third-order valence-electron chi connectivity index (χ3n) is 3.51. The van der Waals surface area contributed by atoms with E-state index in [2.05, 4.69) is 0 Å². The Morgan fingerprint density at radius 1 is 0.955 bits per heavy atom. The first kappa shape index (κ1) is 18.7. The fraction of sp³-hybridized carbons (Fsp3) is 0.222. The Bertz CT molecular complexity index is 621. The Kier molecular flexibility index (Phi) is 7.63. The molecule has 3 nitrogen and oxygen atoms in total. The molecule has 111 valence electrons. The van der Waals surface area contributed by atoms with Crippen molar-refractivity contribution in [3.63, 3.8) is 0 Å². The van der Waals surface area contributed by atoms with E-state index < -0.39 is 5.97 Å². The van der Waals surface area contributed by atoms with Gasteiger partial charge in [-0.15, -0.1) is 0 Å². The van der Waals surface area contributed by atoms with E-state index in [0.29, 0.717) is 6.42 Å². The molecule has 0 aliphatic heterocycles. The third kappa shape index (κ3) is 5.47. The Morgan fingerprint density at radius 2 is 1.55 bits per heavy atom. The number of benzene rings is 2. The molecule has 0 saturated heterocycles. The fourth-order valence-corrected chi connectivity index (χ4v) is 2.22. The number of carboxylic acid groups (broad SMARTS) is 1. The van der Waals surface area contributed by atoms with Crippen LogP contribution in [0, 0.1) is 5.92 Å². The van der Waals surface area contributed by atoms with Crippen molar-refractivity contribution in [2.24, 2.45) is 5.92 Å². The minimum Gasteiger partial charge on any atom is -0.478 e. The summed E-state index contributed by atoms with van der Waals surface area (Å²) >= 11 is 0. The Balaban J connectivity index is 0.00000242. The molecule has 1 radical (unpaired) electrons. The maximum atomic E-state index is 12.2. The zero-order valence-electron chi connectivity index (χ0n) is 12.5. The molecular formula is C18H18O3Y. The Morgan fingerprint density at radius 3 is 2.09 bits per heavy atom. The summed E-state index contributed by atoms with van der Waals surface area (Å²) in [5.74, 6) is -0.834. The molecule has 0 fully saturated rings. The average molecular weight is 371 g/mol. The van der Waals surface area contributed by atoms with Crippen LogP contribution >= 0.6 is 0 Å². The van der Waals surface area contributed by atoms with Gasteiger partial charge in [0.15, 0.2) is 0 Å². The Labute approximate surface area is 155 Å². The number of carbonyl (C=O) groups is 2.